The van der Waals surface area contributed by atoms with Gasteiger partial charge >= 0.3 is 6.03 Å². The summed E-state index contributed by atoms with van der Waals surface area (Å²) in [6, 6.07) is 7.43. The van der Waals surface area contributed by atoms with Crippen molar-refractivity contribution < 1.29 is 14.4 Å². The van der Waals surface area contributed by atoms with Crippen LogP contribution in [0.4, 0.5) is 4.79 Å². The molecule has 1 aliphatic carbocycles. The van der Waals surface area contributed by atoms with Crippen LogP contribution >= 0.6 is 0 Å². The van der Waals surface area contributed by atoms with Crippen LogP contribution in [0.25, 0.3) is 0 Å². The monoisotopic (exact) mass is 341 g/mol. The maximum absolute atomic E-state index is 13.1. The number of likely N-dealkylation sites (tertiary alicyclic amines) is 1. The molecular formula is C19H23N3O3. The Morgan fingerprint density at radius 3 is 2.88 bits per heavy atom. The number of rotatable bonds is 2. The molecule has 0 saturated carbocycles. The van der Waals surface area contributed by atoms with Crippen molar-refractivity contribution in [2.75, 3.05) is 13.1 Å². The first-order valence-electron chi connectivity index (χ1n) is 9.05. The summed E-state index contributed by atoms with van der Waals surface area (Å²) in [7, 11) is 0. The average Bonchev–Trinajstić information content (AvgIpc) is 3.09. The van der Waals surface area contributed by atoms with Crippen molar-refractivity contribution in [3.05, 3.63) is 35.4 Å². The highest BCUT2D eigenvalue weighted by Gasteiger charge is 2.55. The lowest BCUT2D eigenvalue weighted by atomic mass is 9.92. The van der Waals surface area contributed by atoms with Crippen molar-refractivity contribution in [3.8, 4) is 0 Å². The number of carbonyl (C=O) groups is 3. The lowest BCUT2D eigenvalue weighted by molar-refractivity contribution is -0.141. The number of hydrogen-bond acceptors (Lipinski definition) is 3. The Kier molecular flexibility index (Phi) is 3.78. The summed E-state index contributed by atoms with van der Waals surface area (Å²) < 4.78 is 0. The predicted molar refractivity (Wildman–Crippen MR) is 91.7 cm³/mol. The summed E-state index contributed by atoms with van der Waals surface area (Å²) in [4.78, 5) is 41.1. The first-order valence-corrected chi connectivity index (χ1v) is 9.05. The van der Waals surface area contributed by atoms with E-state index in [2.05, 4.69) is 5.32 Å². The number of imide groups is 1. The molecule has 2 fully saturated rings. The van der Waals surface area contributed by atoms with E-state index in [0.717, 1.165) is 41.7 Å². The third kappa shape index (κ3) is 2.42. The Bertz CT molecular complexity index is 747. The van der Waals surface area contributed by atoms with E-state index < -0.39 is 11.6 Å². The highest BCUT2D eigenvalue weighted by molar-refractivity contribution is 6.09. The van der Waals surface area contributed by atoms with Gasteiger partial charge in [-0.2, -0.15) is 0 Å². The molecule has 0 aromatic heterocycles. The van der Waals surface area contributed by atoms with E-state index in [0.29, 0.717) is 13.0 Å². The van der Waals surface area contributed by atoms with E-state index in [1.807, 2.05) is 31.2 Å². The number of nitrogens with zero attached hydrogens (tertiary/aromatic N) is 2. The zero-order chi connectivity index (χ0) is 17.6. The standard InChI is InChI=1S/C19H23N3O3/c1-13-6-4-5-11-21(13)16(23)12-22-17(24)19(20-18(22)25)10-9-14-7-2-3-8-15(14)19/h2-3,7-8,13H,4-6,9-12H2,1H3,(H,20,25)/t13-,19+/m0/s1. The number of benzene rings is 1. The largest absolute Gasteiger partial charge is 0.338 e. The topological polar surface area (TPSA) is 69.7 Å². The Balaban J connectivity index is 1.56. The lowest BCUT2D eigenvalue weighted by Gasteiger charge is -2.34. The number of nitrogens with one attached hydrogen (secondary N) is 1. The number of urea groups is 1. The van der Waals surface area contributed by atoms with Crippen molar-refractivity contribution in [1.82, 2.24) is 15.1 Å². The average molecular weight is 341 g/mol. The summed E-state index contributed by atoms with van der Waals surface area (Å²) in [6.07, 6.45) is 4.39. The van der Waals surface area contributed by atoms with Crippen LogP contribution in [-0.2, 0) is 21.5 Å². The summed E-state index contributed by atoms with van der Waals surface area (Å²) in [5.41, 5.74) is 0.977. The van der Waals surface area contributed by atoms with Gasteiger partial charge in [-0.3, -0.25) is 14.5 Å². The minimum atomic E-state index is -0.985. The van der Waals surface area contributed by atoms with Gasteiger partial charge in [0.1, 0.15) is 12.1 Å². The molecule has 6 heteroatoms. The van der Waals surface area contributed by atoms with Gasteiger partial charge in [-0.05, 0) is 50.2 Å². The second kappa shape index (κ2) is 5.86. The highest BCUT2D eigenvalue weighted by Crippen LogP contribution is 2.41. The van der Waals surface area contributed by atoms with Crippen LogP contribution in [-0.4, -0.2) is 46.8 Å². The maximum Gasteiger partial charge on any atom is 0.325 e. The number of aryl methyl sites for hydroxylation is 1. The van der Waals surface area contributed by atoms with Crippen LogP contribution < -0.4 is 5.32 Å². The van der Waals surface area contributed by atoms with Gasteiger partial charge in [0.25, 0.3) is 5.91 Å². The molecule has 0 radical (unpaired) electrons. The smallest absolute Gasteiger partial charge is 0.325 e. The molecule has 1 aromatic rings. The third-order valence-electron chi connectivity index (χ3n) is 5.84. The molecule has 4 rings (SSSR count). The van der Waals surface area contributed by atoms with Gasteiger partial charge in [-0.1, -0.05) is 24.3 Å². The van der Waals surface area contributed by atoms with Gasteiger partial charge in [0.05, 0.1) is 0 Å². The Hall–Kier alpha value is -2.37. The molecule has 2 saturated heterocycles. The summed E-state index contributed by atoms with van der Waals surface area (Å²) in [5, 5.41) is 2.87. The lowest BCUT2D eigenvalue weighted by Crippen LogP contribution is -2.48. The van der Waals surface area contributed by atoms with Crippen LogP contribution in [0.3, 0.4) is 0 Å². The Labute approximate surface area is 147 Å². The van der Waals surface area contributed by atoms with Gasteiger partial charge in [0.15, 0.2) is 0 Å². The summed E-state index contributed by atoms with van der Waals surface area (Å²) in [6.45, 7) is 2.56. The first kappa shape index (κ1) is 16.1. The molecule has 3 aliphatic rings. The summed E-state index contributed by atoms with van der Waals surface area (Å²) >= 11 is 0. The van der Waals surface area contributed by atoms with Gasteiger partial charge in [0, 0.05) is 12.6 Å². The van der Waals surface area contributed by atoms with Gasteiger partial charge in [-0.25, -0.2) is 4.79 Å². The second-order valence-electron chi connectivity index (χ2n) is 7.32. The zero-order valence-electron chi connectivity index (χ0n) is 14.5. The van der Waals surface area contributed by atoms with E-state index in [1.165, 1.54) is 0 Å². The van der Waals surface area contributed by atoms with Crippen molar-refractivity contribution in [3.63, 3.8) is 0 Å². The third-order valence-corrected chi connectivity index (χ3v) is 5.84. The highest BCUT2D eigenvalue weighted by atomic mass is 16.2. The fraction of sp³-hybridized carbons (Fsp3) is 0.526. The van der Waals surface area contributed by atoms with Crippen LogP contribution in [0.1, 0.15) is 43.7 Å². The fourth-order valence-corrected chi connectivity index (χ4v) is 4.43. The van der Waals surface area contributed by atoms with E-state index in [1.54, 1.807) is 4.90 Å². The van der Waals surface area contributed by atoms with Crippen LogP contribution in [0, 0.1) is 0 Å². The van der Waals surface area contributed by atoms with E-state index in [9.17, 15) is 14.4 Å². The van der Waals surface area contributed by atoms with E-state index >= 15 is 0 Å². The molecule has 1 spiro atoms. The van der Waals surface area contributed by atoms with Gasteiger partial charge < -0.3 is 10.2 Å². The van der Waals surface area contributed by atoms with Crippen molar-refractivity contribution in [2.24, 2.45) is 0 Å². The van der Waals surface area contributed by atoms with Crippen LogP contribution in [0.5, 0.6) is 0 Å². The Morgan fingerprint density at radius 1 is 1.28 bits per heavy atom. The molecule has 0 bridgehead atoms. The zero-order valence-corrected chi connectivity index (χ0v) is 14.5. The van der Waals surface area contributed by atoms with Crippen molar-refractivity contribution in [1.29, 1.82) is 0 Å². The molecular weight excluding hydrogens is 318 g/mol. The molecule has 1 aromatic carbocycles. The van der Waals surface area contributed by atoms with Crippen molar-refractivity contribution >= 4 is 17.8 Å². The predicted octanol–water partition coefficient (Wildman–Crippen LogP) is 1.78. The molecule has 0 unspecified atom stereocenters. The number of piperidine rings is 1. The molecule has 4 amide bonds. The molecule has 25 heavy (non-hydrogen) atoms. The van der Waals surface area contributed by atoms with Crippen molar-refractivity contribution in [2.45, 2.75) is 50.6 Å². The molecule has 6 nitrogen and oxygen atoms in total. The maximum atomic E-state index is 13.1. The van der Waals surface area contributed by atoms with Crippen LogP contribution in [0.2, 0.25) is 0 Å². The SMILES string of the molecule is C[C@H]1CCCCN1C(=O)CN1C(=O)N[C@@]2(CCc3ccccc32)C1=O. The molecule has 132 valence electrons. The first-order chi connectivity index (χ1) is 12.0. The second-order valence-corrected chi connectivity index (χ2v) is 7.32. The fourth-order valence-electron chi connectivity index (χ4n) is 4.43. The Morgan fingerprint density at radius 2 is 2.08 bits per heavy atom. The quantitative estimate of drug-likeness (QED) is 0.834. The molecule has 2 atom stereocenters. The van der Waals surface area contributed by atoms with Gasteiger partial charge in [-0.15, -0.1) is 0 Å². The molecule has 2 heterocycles. The number of carbonyl (C=O) groups excluding carboxylic acids is 3. The minimum Gasteiger partial charge on any atom is -0.338 e. The normalized spacial score (nSPS) is 28.4. The number of fused-ring (bicyclic) bond motifs is 2. The molecule has 2 aliphatic heterocycles. The van der Waals surface area contributed by atoms with Crippen LogP contribution in [0.15, 0.2) is 24.3 Å². The summed E-state index contributed by atoms with van der Waals surface area (Å²) in [5.74, 6) is -0.431. The van der Waals surface area contributed by atoms with E-state index in [4.69, 9.17) is 0 Å². The molecule has 1 N–H and O–H groups in total. The minimum absolute atomic E-state index is 0.140. The number of hydrogen-bond donors (Lipinski definition) is 1. The van der Waals surface area contributed by atoms with E-state index in [-0.39, 0.29) is 24.4 Å². The number of amides is 4. The van der Waals surface area contributed by atoms with Gasteiger partial charge in [0.2, 0.25) is 5.91 Å².